The number of rotatable bonds is 1. The molecule has 3 heterocycles. The predicted octanol–water partition coefficient (Wildman–Crippen LogP) is 0.682. The monoisotopic (exact) mass is 310 g/mol. The second-order valence-electron chi connectivity index (χ2n) is 4.02. The molecule has 0 atom stereocenters. The van der Waals surface area contributed by atoms with E-state index in [1.165, 1.54) is 11.3 Å². The number of carbonyl (C=O) groups is 1. The highest BCUT2D eigenvalue weighted by atomic mass is 35.5. The molecule has 1 amide bonds. The summed E-state index contributed by atoms with van der Waals surface area (Å²) >= 11 is 1.52. The fourth-order valence-electron chi connectivity index (χ4n) is 2.05. The van der Waals surface area contributed by atoms with E-state index in [2.05, 4.69) is 20.5 Å². The number of anilines is 1. The minimum absolute atomic E-state index is 0. The van der Waals surface area contributed by atoms with Crippen LogP contribution in [0.4, 0.5) is 5.13 Å². The summed E-state index contributed by atoms with van der Waals surface area (Å²) in [6.07, 6.45) is 0.865. The second-order valence-corrected chi connectivity index (χ2v) is 4.99. The van der Waals surface area contributed by atoms with Crippen LogP contribution in [0.25, 0.3) is 0 Å². The first-order valence-electron chi connectivity index (χ1n) is 5.58. The normalized spacial score (nSPS) is 18.2. The number of hydrogen-bond acceptors (Lipinski definition) is 5. The molecule has 0 unspecified atom stereocenters. The van der Waals surface area contributed by atoms with Gasteiger partial charge in [0.25, 0.3) is 5.91 Å². The van der Waals surface area contributed by atoms with Gasteiger partial charge in [-0.25, -0.2) is 4.98 Å². The number of aromatic nitrogens is 1. The van der Waals surface area contributed by atoms with Gasteiger partial charge in [-0.3, -0.25) is 4.79 Å². The van der Waals surface area contributed by atoms with Crippen LogP contribution in [0.2, 0.25) is 0 Å². The molecule has 2 aliphatic rings. The number of nitrogens with zero attached hydrogens (tertiary/aromatic N) is 2. The highest BCUT2D eigenvalue weighted by Gasteiger charge is 2.24. The lowest BCUT2D eigenvalue weighted by Gasteiger charge is -2.26. The zero-order chi connectivity index (χ0) is 11.0. The van der Waals surface area contributed by atoms with E-state index >= 15 is 0 Å². The molecule has 2 aliphatic heterocycles. The van der Waals surface area contributed by atoms with Crippen molar-refractivity contribution in [3.8, 4) is 0 Å². The fraction of sp³-hybridized carbons (Fsp3) is 0.600. The Morgan fingerprint density at radius 1 is 1.17 bits per heavy atom. The average molecular weight is 311 g/mol. The summed E-state index contributed by atoms with van der Waals surface area (Å²) in [6.45, 7) is 4.67. The molecule has 1 aromatic rings. The van der Waals surface area contributed by atoms with Crippen molar-refractivity contribution in [2.45, 2.75) is 6.42 Å². The van der Waals surface area contributed by atoms with E-state index in [9.17, 15) is 4.79 Å². The van der Waals surface area contributed by atoms with E-state index in [0.29, 0.717) is 0 Å². The number of thiazole rings is 1. The Hall–Kier alpha value is -0.560. The van der Waals surface area contributed by atoms with Gasteiger partial charge in [0.2, 0.25) is 0 Å². The van der Waals surface area contributed by atoms with Gasteiger partial charge in [-0.1, -0.05) is 11.3 Å². The van der Waals surface area contributed by atoms with Crippen LogP contribution >= 0.6 is 36.2 Å². The van der Waals surface area contributed by atoms with Gasteiger partial charge in [0.15, 0.2) is 5.13 Å². The quantitative estimate of drug-likeness (QED) is 0.801. The first-order valence-corrected chi connectivity index (χ1v) is 6.40. The Balaban J connectivity index is 0.000000810. The van der Waals surface area contributed by atoms with Gasteiger partial charge in [0.05, 0.1) is 5.69 Å². The van der Waals surface area contributed by atoms with Crippen LogP contribution < -0.4 is 15.5 Å². The molecule has 1 aromatic heterocycles. The third-order valence-electron chi connectivity index (χ3n) is 2.93. The molecule has 0 bridgehead atoms. The van der Waals surface area contributed by atoms with E-state index in [4.69, 9.17) is 0 Å². The molecule has 0 aliphatic carbocycles. The van der Waals surface area contributed by atoms with Crippen LogP contribution in [0.1, 0.15) is 15.4 Å². The maximum absolute atomic E-state index is 11.6. The van der Waals surface area contributed by atoms with Gasteiger partial charge in [0, 0.05) is 39.1 Å². The summed E-state index contributed by atoms with van der Waals surface area (Å²) in [7, 11) is 0. The summed E-state index contributed by atoms with van der Waals surface area (Å²) in [5.41, 5.74) is 0.974. The van der Waals surface area contributed by atoms with Gasteiger partial charge in [-0.05, 0) is 0 Å². The molecule has 3 rings (SSSR count). The van der Waals surface area contributed by atoms with Crippen molar-refractivity contribution in [1.82, 2.24) is 15.6 Å². The summed E-state index contributed by atoms with van der Waals surface area (Å²) in [5, 5.41) is 7.17. The second kappa shape index (κ2) is 6.56. The molecule has 0 aromatic carbocycles. The Morgan fingerprint density at radius 3 is 2.56 bits per heavy atom. The largest absolute Gasteiger partial charge is 0.351 e. The van der Waals surface area contributed by atoms with Crippen molar-refractivity contribution < 1.29 is 4.79 Å². The summed E-state index contributed by atoms with van der Waals surface area (Å²) in [6, 6.07) is 0. The smallest absolute Gasteiger partial charge is 0.263 e. The minimum Gasteiger partial charge on any atom is -0.351 e. The zero-order valence-corrected chi connectivity index (χ0v) is 12.2. The Bertz CT molecular complexity index is 420. The van der Waals surface area contributed by atoms with Crippen molar-refractivity contribution in [3.63, 3.8) is 0 Å². The Kier molecular flexibility index (Phi) is 5.65. The van der Waals surface area contributed by atoms with Crippen LogP contribution in [-0.2, 0) is 6.42 Å². The van der Waals surface area contributed by atoms with Crippen LogP contribution in [0.5, 0.6) is 0 Å². The molecule has 2 N–H and O–H groups in total. The third-order valence-corrected chi connectivity index (χ3v) is 4.08. The number of amides is 1. The maximum atomic E-state index is 11.6. The molecule has 0 saturated carbocycles. The number of fused-ring (bicyclic) bond motifs is 1. The lowest BCUT2D eigenvalue weighted by atomic mass is 10.2. The molecule has 1 fully saturated rings. The van der Waals surface area contributed by atoms with Crippen molar-refractivity contribution in [2.24, 2.45) is 0 Å². The maximum Gasteiger partial charge on any atom is 0.263 e. The first kappa shape index (κ1) is 15.5. The zero-order valence-electron chi connectivity index (χ0n) is 9.77. The number of carbonyl (C=O) groups excluding carboxylic acids is 1. The van der Waals surface area contributed by atoms with E-state index in [1.54, 1.807) is 0 Å². The molecule has 18 heavy (non-hydrogen) atoms. The van der Waals surface area contributed by atoms with Crippen molar-refractivity contribution in [3.05, 3.63) is 10.6 Å². The first-order chi connectivity index (χ1) is 7.84. The van der Waals surface area contributed by atoms with E-state index in [0.717, 1.165) is 54.8 Å². The van der Waals surface area contributed by atoms with Crippen LogP contribution in [0.3, 0.4) is 0 Å². The van der Waals surface area contributed by atoms with Gasteiger partial charge in [-0.15, -0.1) is 24.8 Å². The molecule has 1 saturated heterocycles. The van der Waals surface area contributed by atoms with Crippen LogP contribution in [0.15, 0.2) is 0 Å². The molecule has 5 nitrogen and oxygen atoms in total. The van der Waals surface area contributed by atoms with Gasteiger partial charge < -0.3 is 15.5 Å². The molecular formula is C10H16Cl2N4OS. The molecule has 0 spiro atoms. The highest BCUT2D eigenvalue weighted by molar-refractivity contribution is 7.17. The Labute approximate surface area is 122 Å². The van der Waals surface area contributed by atoms with Gasteiger partial charge in [-0.2, -0.15) is 0 Å². The lowest BCUT2D eigenvalue weighted by molar-refractivity contribution is 0.0950. The van der Waals surface area contributed by atoms with E-state index in [-0.39, 0.29) is 30.7 Å². The number of halogens is 2. The fourth-order valence-corrected chi connectivity index (χ4v) is 3.13. The SMILES string of the molecule is Cl.Cl.O=C1NCCc2nc(N3CCNCC3)sc21. The summed E-state index contributed by atoms with van der Waals surface area (Å²) in [5.74, 6) is 0.0418. The number of nitrogens with one attached hydrogen (secondary N) is 2. The average Bonchev–Trinajstić information content (AvgIpc) is 2.76. The van der Waals surface area contributed by atoms with Crippen molar-refractivity contribution in [2.75, 3.05) is 37.6 Å². The van der Waals surface area contributed by atoms with Gasteiger partial charge >= 0.3 is 0 Å². The lowest BCUT2D eigenvalue weighted by Crippen LogP contribution is -2.43. The standard InChI is InChI=1S/C10H14N4OS.2ClH/c15-9-8-7(1-2-12-9)13-10(16-8)14-5-3-11-4-6-14;;/h11H,1-6H2,(H,12,15);2*1H. The topological polar surface area (TPSA) is 57.3 Å². The highest BCUT2D eigenvalue weighted by Crippen LogP contribution is 2.28. The van der Waals surface area contributed by atoms with Crippen LogP contribution in [0, 0.1) is 0 Å². The van der Waals surface area contributed by atoms with E-state index < -0.39 is 0 Å². The van der Waals surface area contributed by atoms with Crippen LogP contribution in [-0.4, -0.2) is 43.6 Å². The molecule has 0 radical (unpaired) electrons. The molecule has 8 heteroatoms. The minimum atomic E-state index is 0. The summed E-state index contributed by atoms with van der Waals surface area (Å²) in [4.78, 5) is 19.3. The van der Waals surface area contributed by atoms with Gasteiger partial charge in [0.1, 0.15) is 4.88 Å². The number of piperazine rings is 1. The summed E-state index contributed by atoms with van der Waals surface area (Å²) < 4.78 is 0. The van der Waals surface area contributed by atoms with Crippen molar-refractivity contribution in [1.29, 1.82) is 0 Å². The Morgan fingerprint density at radius 2 is 1.89 bits per heavy atom. The third kappa shape index (κ3) is 2.88. The predicted molar refractivity (Wildman–Crippen MR) is 77.7 cm³/mol. The van der Waals surface area contributed by atoms with Crippen molar-refractivity contribution >= 4 is 47.2 Å². The van der Waals surface area contributed by atoms with E-state index in [1.807, 2.05) is 0 Å². The number of hydrogen-bond donors (Lipinski definition) is 2. The molecule has 102 valence electrons. The molecular weight excluding hydrogens is 295 g/mol.